The average Bonchev–Trinajstić information content (AvgIpc) is 2.93. The van der Waals surface area contributed by atoms with E-state index in [-0.39, 0.29) is 6.10 Å². The molecule has 4 heteroatoms. The molecule has 1 aromatic rings. The third kappa shape index (κ3) is 4.16. The second-order valence-electron chi connectivity index (χ2n) is 5.93. The molecule has 2 unspecified atom stereocenters. The summed E-state index contributed by atoms with van der Waals surface area (Å²) in [5.41, 5.74) is 1.29. The van der Waals surface area contributed by atoms with Gasteiger partial charge in [-0.25, -0.2) is 0 Å². The van der Waals surface area contributed by atoms with Crippen molar-refractivity contribution in [2.75, 3.05) is 24.7 Å². The quantitative estimate of drug-likeness (QED) is 0.691. The summed E-state index contributed by atoms with van der Waals surface area (Å²) in [4.78, 5) is 1.56. The van der Waals surface area contributed by atoms with Crippen LogP contribution in [0.25, 0.3) is 0 Å². The molecule has 2 heterocycles. The van der Waals surface area contributed by atoms with Gasteiger partial charge < -0.3 is 9.47 Å². The Morgan fingerprint density at radius 2 is 2.09 bits per heavy atom. The molecule has 3 rings (SSSR count). The molecule has 0 aromatic heterocycles. The monoisotopic (exact) mass is 383 g/mol. The topological polar surface area (TPSA) is 18.5 Å². The van der Waals surface area contributed by atoms with Gasteiger partial charge in [0.05, 0.1) is 6.10 Å². The van der Waals surface area contributed by atoms with Gasteiger partial charge in [-0.05, 0) is 30.5 Å². The van der Waals surface area contributed by atoms with Crippen molar-refractivity contribution in [2.24, 2.45) is 0 Å². The van der Waals surface area contributed by atoms with Gasteiger partial charge in [-0.15, -0.1) is 0 Å². The molecule has 22 heavy (non-hydrogen) atoms. The van der Waals surface area contributed by atoms with E-state index in [0.717, 1.165) is 36.3 Å². The number of rotatable bonds is 5. The highest BCUT2D eigenvalue weighted by Gasteiger charge is 2.33. The van der Waals surface area contributed by atoms with Gasteiger partial charge >= 0.3 is 0 Å². The van der Waals surface area contributed by atoms with Crippen LogP contribution in [0.3, 0.4) is 0 Å². The average molecular weight is 384 g/mol. The molecule has 1 aromatic carbocycles. The summed E-state index contributed by atoms with van der Waals surface area (Å²) in [6.07, 6.45) is 6.18. The van der Waals surface area contributed by atoms with Crippen LogP contribution in [0.5, 0.6) is 0 Å². The zero-order valence-corrected chi connectivity index (χ0v) is 15.5. The Morgan fingerprint density at radius 3 is 2.77 bits per heavy atom. The Labute approximate surface area is 144 Å². The molecule has 0 N–H and O–H groups in total. The number of hydrogen-bond donors (Lipinski definition) is 0. The standard InChI is InChI=1S/C18H24BrO2S/c1-14-5-4-12-22(14)13-18(16-6-2-3-7-17(16)19)21-15-8-10-20-11-9-15/h2-3,5-7,15,18H,4,8-13H2,1H3/q+1. The van der Waals surface area contributed by atoms with Crippen molar-refractivity contribution in [3.8, 4) is 0 Å². The van der Waals surface area contributed by atoms with E-state index in [0.29, 0.717) is 17.0 Å². The van der Waals surface area contributed by atoms with Gasteiger partial charge in [0, 0.05) is 41.9 Å². The van der Waals surface area contributed by atoms with E-state index in [1.165, 1.54) is 17.7 Å². The molecule has 0 saturated carbocycles. The fraction of sp³-hybridized carbons (Fsp3) is 0.556. The number of ether oxygens (including phenoxy) is 2. The second kappa shape index (κ2) is 8.00. The van der Waals surface area contributed by atoms with E-state index in [1.54, 1.807) is 4.91 Å². The summed E-state index contributed by atoms with van der Waals surface area (Å²) in [7, 11) is 0.369. The number of benzene rings is 1. The van der Waals surface area contributed by atoms with Crippen molar-refractivity contribution in [1.29, 1.82) is 0 Å². The SMILES string of the molecule is CC1=CCC[S+]1CC(OC1CCOCC1)c1ccccc1Br. The van der Waals surface area contributed by atoms with E-state index in [4.69, 9.17) is 9.47 Å². The Bertz CT molecular complexity index is 526. The molecule has 0 spiro atoms. The fourth-order valence-electron chi connectivity index (χ4n) is 3.06. The summed E-state index contributed by atoms with van der Waals surface area (Å²) >= 11 is 3.71. The van der Waals surface area contributed by atoms with Crippen molar-refractivity contribution in [3.05, 3.63) is 45.3 Å². The summed E-state index contributed by atoms with van der Waals surface area (Å²) in [5, 5.41) is 0. The molecule has 1 fully saturated rings. The number of allylic oxidation sites excluding steroid dienone is 2. The van der Waals surface area contributed by atoms with Crippen LogP contribution in [0.1, 0.15) is 37.9 Å². The molecule has 0 radical (unpaired) electrons. The van der Waals surface area contributed by atoms with Crippen molar-refractivity contribution < 1.29 is 9.47 Å². The molecule has 2 nitrogen and oxygen atoms in total. The van der Waals surface area contributed by atoms with E-state index < -0.39 is 0 Å². The van der Waals surface area contributed by atoms with E-state index in [1.807, 2.05) is 0 Å². The fourth-order valence-corrected chi connectivity index (χ4v) is 5.73. The van der Waals surface area contributed by atoms with Crippen LogP contribution in [0.2, 0.25) is 0 Å². The predicted octanol–water partition coefficient (Wildman–Crippen LogP) is 4.61. The zero-order valence-electron chi connectivity index (χ0n) is 13.1. The molecule has 2 atom stereocenters. The van der Waals surface area contributed by atoms with Gasteiger partial charge in [0.2, 0.25) is 0 Å². The molecule has 0 aliphatic carbocycles. The van der Waals surface area contributed by atoms with E-state index in [2.05, 4.69) is 53.2 Å². The first-order chi connectivity index (χ1) is 10.7. The first-order valence-corrected chi connectivity index (χ1v) is 10.4. The van der Waals surface area contributed by atoms with Crippen LogP contribution in [-0.2, 0) is 20.4 Å². The first-order valence-electron chi connectivity index (χ1n) is 8.06. The Balaban J connectivity index is 1.75. The van der Waals surface area contributed by atoms with E-state index in [9.17, 15) is 0 Å². The maximum atomic E-state index is 6.54. The largest absolute Gasteiger partial charge is 0.381 e. The zero-order chi connectivity index (χ0) is 15.4. The lowest BCUT2D eigenvalue weighted by Gasteiger charge is -2.28. The first kappa shape index (κ1) is 16.6. The van der Waals surface area contributed by atoms with Crippen LogP contribution in [0.15, 0.2) is 39.7 Å². The smallest absolute Gasteiger partial charge is 0.143 e. The lowest BCUT2D eigenvalue weighted by atomic mass is 10.1. The van der Waals surface area contributed by atoms with Gasteiger partial charge in [0.1, 0.15) is 22.5 Å². The minimum atomic E-state index is 0.184. The predicted molar refractivity (Wildman–Crippen MR) is 97.3 cm³/mol. The minimum absolute atomic E-state index is 0.184. The highest BCUT2D eigenvalue weighted by atomic mass is 79.9. The maximum Gasteiger partial charge on any atom is 0.143 e. The van der Waals surface area contributed by atoms with Crippen molar-refractivity contribution >= 4 is 26.8 Å². The highest BCUT2D eigenvalue weighted by molar-refractivity contribution is 9.10. The molecule has 120 valence electrons. The van der Waals surface area contributed by atoms with Gasteiger partial charge in [-0.2, -0.15) is 0 Å². The van der Waals surface area contributed by atoms with Crippen LogP contribution < -0.4 is 0 Å². The Kier molecular flexibility index (Phi) is 6.02. The molecule has 2 aliphatic heterocycles. The molecular weight excluding hydrogens is 360 g/mol. The van der Waals surface area contributed by atoms with Gasteiger partial charge in [0.15, 0.2) is 0 Å². The number of halogens is 1. The molecule has 2 aliphatic rings. The van der Waals surface area contributed by atoms with Crippen LogP contribution in [-0.4, -0.2) is 30.8 Å². The van der Waals surface area contributed by atoms with Gasteiger partial charge in [0.25, 0.3) is 0 Å². The van der Waals surface area contributed by atoms with Crippen LogP contribution in [0, 0.1) is 0 Å². The Morgan fingerprint density at radius 1 is 1.32 bits per heavy atom. The molecular formula is C18H24BrO2S+. The normalized spacial score (nSPS) is 24.3. The summed E-state index contributed by atoms with van der Waals surface area (Å²) in [6, 6.07) is 8.51. The van der Waals surface area contributed by atoms with Crippen molar-refractivity contribution in [2.45, 2.75) is 38.4 Å². The summed E-state index contributed by atoms with van der Waals surface area (Å²) in [6.45, 7) is 3.94. The third-order valence-electron chi connectivity index (χ3n) is 4.38. The lowest BCUT2D eigenvalue weighted by molar-refractivity contribution is -0.0623. The highest BCUT2D eigenvalue weighted by Crippen LogP contribution is 2.33. The van der Waals surface area contributed by atoms with E-state index >= 15 is 0 Å². The van der Waals surface area contributed by atoms with Gasteiger partial charge in [-0.1, -0.05) is 34.1 Å². The Hall–Kier alpha value is -0.290. The van der Waals surface area contributed by atoms with Crippen molar-refractivity contribution in [3.63, 3.8) is 0 Å². The summed E-state index contributed by atoms with van der Waals surface area (Å²) < 4.78 is 13.2. The third-order valence-corrected chi connectivity index (χ3v) is 7.61. The van der Waals surface area contributed by atoms with Gasteiger partial charge in [-0.3, -0.25) is 0 Å². The minimum Gasteiger partial charge on any atom is -0.381 e. The lowest BCUT2D eigenvalue weighted by Crippen LogP contribution is -2.28. The van der Waals surface area contributed by atoms with Crippen LogP contribution in [0.4, 0.5) is 0 Å². The van der Waals surface area contributed by atoms with Crippen molar-refractivity contribution in [1.82, 2.24) is 0 Å². The second-order valence-corrected chi connectivity index (χ2v) is 9.15. The molecule has 0 amide bonds. The maximum absolute atomic E-state index is 6.54. The summed E-state index contributed by atoms with van der Waals surface area (Å²) in [5.74, 6) is 2.41. The number of hydrogen-bond acceptors (Lipinski definition) is 2. The molecule has 0 bridgehead atoms. The van der Waals surface area contributed by atoms with Crippen LogP contribution >= 0.6 is 15.9 Å². The molecule has 1 saturated heterocycles.